The normalized spacial score (nSPS) is 10.5. The summed E-state index contributed by atoms with van der Waals surface area (Å²) in [4.78, 5) is 41.5. The number of benzene rings is 3. The fourth-order valence-corrected chi connectivity index (χ4v) is 3.44. The van der Waals surface area contributed by atoms with Crippen LogP contribution in [0.4, 0.5) is 5.69 Å². The van der Waals surface area contributed by atoms with Crippen LogP contribution in [0.2, 0.25) is 0 Å². The van der Waals surface area contributed by atoms with E-state index in [-0.39, 0.29) is 25.5 Å². The van der Waals surface area contributed by atoms with Gasteiger partial charge in [-0.25, -0.2) is 4.98 Å². The highest BCUT2D eigenvalue weighted by Gasteiger charge is 2.19. The van der Waals surface area contributed by atoms with Gasteiger partial charge in [-0.2, -0.15) is 0 Å². The lowest BCUT2D eigenvalue weighted by molar-refractivity contribution is -0.117. The summed E-state index contributed by atoms with van der Waals surface area (Å²) < 4.78 is 11.4. The van der Waals surface area contributed by atoms with Gasteiger partial charge in [0.05, 0.1) is 30.8 Å². The zero-order valence-corrected chi connectivity index (χ0v) is 19.7. The van der Waals surface area contributed by atoms with Gasteiger partial charge in [0.2, 0.25) is 17.6 Å². The summed E-state index contributed by atoms with van der Waals surface area (Å²) in [6, 6.07) is 24.8. The van der Waals surface area contributed by atoms with Gasteiger partial charge in [-0.3, -0.25) is 14.4 Å². The minimum atomic E-state index is -0.726. The highest BCUT2D eigenvalue weighted by Crippen LogP contribution is 2.29. The number of ether oxygens (including phenoxy) is 1. The Balaban J connectivity index is 1.38. The summed E-state index contributed by atoms with van der Waals surface area (Å²) >= 11 is 0. The molecular formula is C28H25N3O5. The number of carbonyl (C=O) groups excluding carboxylic acids is 3. The molecule has 0 fully saturated rings. The summed E-state index contributed by atoms with van der Waals surface area (Å²) in [6.45, 7) is 1.99. The zero-order valence-electron chi connectivity index (χ0n) is 19.7. The maximum Gasteiger partial charge on any atom is 0.292 e. The molecular weight excluding hydrogens is 458 g/mol. The average molecular weight is 484 g/mol. The summed E-state index contributed by atoms with van der Waals surface area (Å²) in [7, 11) is 0. The predicted molar refractivity (Wildman–Crippen MR) is 134 cm³/mol. The number of rotatable bonds is 10. The van der Waals surface area contributed by atoms with Crippen LogP contribution in [0.1, 0.15) is 28.2 Å². The van der Waals surface area contributed by atoms with E-state index in [1.807, 2.05) is 36.4 Å². The molecule has 2 N–H and O–H groups in total. The van der Waals surface area contributed by atoms with E-state index in [4.69, 9.17) is 9.15 Å². The Bertz CT molecular complexity index is 1350. The Kier molecular flexibility index (Phi) is 7.87. The number of nitrogens with zero attached hydrogens (tertiary/aromatic N) is 1. The Hall–Kier alpha value is -4.72. The third kappa shape index (κ3) is 6.24. The monoisotopic (exact) mass is 483 g/mol. The van der Waals surface area contributed by atoms with Crippen molar-refractivity contribution >= 4 is 23.3 Å². The molecule has 0 saturated heterocycles. The molecule has 4 rings (SSSR count). The van der Waals surface area contributed by atoms with Gasteiger partial charge in [0.1, 0.15) is 17.2 Å². The van der Waals surface area contributed by atoms with Crippen molar-refractivity contribution in [2.75, 3.05) is 11.9 Å². The van der Waals surface area contributed by atoms with Gasteiger partial charge in [-0.1, -0.05) is 60.7 Å². The van der Waals surface area contributed by atoms with E-state index in [2.05, 4.69) is 15.6 Å². The summed E-state index contributed by atoms with van der Waals surface area (Å²) in [5.74, 6) is -0.0751. The van der Waals surface area contributed by atoms with Crippen molar-refractivity contribution in [2.24, 2.45) is 0 Å². The molecule has 4 aromatic rings. The number of aromatic nitrogens is 1. The largest absolute Gasteiger partial charge is 0.493 e. The van der Waals surface area contributed by atoms with Crippen molar-refractivity contribution in [3.05, 3.63) is 102 Å². The van der Waals surface area contributed by atoms with Crippen LogP contribution in [0.3, 0.4) is 0 Å². The minimum Gasteiger partial charge on any atom is -0.493 e. The second kappa shape index (κ2) is 11.6. The second-order valence-electron chi connectivity index (χ2n) is 7.90. The van der Waals surface area contributed by atoms with Gasteiger partial charge in [0, 0.05) is 5.56 Å². The van der Waals surface area contributed by atoms with Crippen LogP contribution >= 0.6 is 0 Å². The second-order valence-corrected chi connectivity index (χ2v) is 7.90. The maximum absolute atomic E-state index is 12.5. The van der Waals surface area contributed by atoms with E-state index in [0.717, 1.165) is 0 Å². The Morgan fingerprint density at radius 3 is 2.31 bits per heavy atom. The molecule has 8 heteroatoms. The molecule has 0 bridgehead atoms. The average Bonchev–Trinajstić information content (AvgIpc) is 3.28. The number of carbonyl (C=O) groups is 3. The van der Waals surface area contributed by atoms with E-state index < -0.39 is 11.7 Å². The molecule has 0 saturated carbocycles. The topological polar surface area (TPSA) is 111 Å². The van der Waals surface area contributed by atoms with Crippen molar-refractivity contribution < 1.29 is 23.5 Å². The van der Waals surface area contributed by atoms with Gasteiger partial charge >= 0.3 is 0 Å². The van der Waals surface area contributed by atoms with Crippen LogP contribution in [0.5, 0.6) is 5.75 Å². The van der Waals surface area contributed by atoms with E-state index in [9.17, 15) is 14.4 Å². The molecule has 36 heavy (non-hydrogen) atoms. The first kappa shape index (κ1) is 24.4. The number of hydrogen-bond acceptors (Lipinski definition) is 6. The lowest BCUT2D eigenvalue weighted by atomic mass is 10.1. The number of aryl methyl sites for hydroxylation is 1. The Morgan fingerprint density at radius 2 is 1.56 bits per heavy atom. The van der Waals surface area contributed by atoms with Crippen LogP contribution in [-0.4, -0.2) is 29.2 Å². The summed E-state index contributed by atoms with van der Waals surface area (Å²) in [5.41, 5.74) is 1.93. The van der Waals surface area contributed by atoms with Crippen molar-refractivity contribution in [1.29, 1.82) is 0 Å². The molecule has 0 spiro atoms. The molecule has 2 amide bonds. The van der Waals surface area contributed by atoms with Crippen molar-refractivity contribution in [3.8, 4) is 17.2 Å². The quantitative estimate of drug-likeness (QED) is 0.253. The summed E-state index contributed by atoms with van der Waals surface area (Å²) in [5, 5.41) is 5.47. The number of para-hydroxylation sites is 2. The van der Waals surface area contributed by atoms with Crippen LogP contribution in [0, 0.1) is 6.92 Å². The molecule has 1 heterocycles. The van der Waals surface area contributed by atoms with Crippen LogP contribution < -0.4 is 15.4 Å². The number of anilines is 1. The smallest absolute Gasteiger partial charge is 0.292 e. The Labute approximate surface area is 208 Å². The molecule has 8 nitrogen and oxygen atoms in total. The van der Waals surface area contributed by atoms with Crippen molar-refractivity contribution in [1.82, 2.24) is 10.3 Å². The van der Waals surface area contributed by atoms with Gasteiger partial charge < -0.3 is 19.8 Å². The molecule has 0 aliphatic heterocycles. The number of ketones is 1. The maximum atomic E-state index is 12.5. The third-order valence-electron chi connectivity index (χ3n) is 5.32. The van der Waals surface area contributed by atoms with Crippen LogP contribution in [0.15, 0.2) is 89.3 Å². The third-order valence-corrected chi connectivity index (χ3v) is 5.32. The molecule has 182 valence electrons. The van der Waals surface area contributed by atoms with Gasteiger partial charge in [-0.05, 0) is 31.2 Å². The number of oxazole rings is 1. The molecule has 3 aromatic carbocycles. The van der Waals surface area contributed by atoms with E-state index in [1.54, 1.807) is 55.5 Å². The fraction of sp³-hybridized carbons (Fsp3) is 0.143. The SMILES string of the molecule is Cc1oc(-c2ccccc2NC(=O)CCOc2ccccc2)nc1CNC(=O)C(=O)c1ccccc1. The number of Topliss-reactive ketones (excluding diaryl/α,β-unsaturated/α-hetero) is 1. The van der Waals surface area contributed by atoms with Crippen molar-refractivity contribution in [2.45, 2.75) is 19.9 Å². The molecule has 0 unspecified atom stereocenters. The lowest BCUT2D eigenvalue weighted by Gasteiger charge is -2.09. The highest BCUT2D eigenvalue weighted by atomic mass is 16.5. The molecule has 1 aromatic heterocycles. The number of nitrogens with one attached hydrogen (secondary N) is 2. The fourth-order valence-electron chi connectivity index (χ4n) is 3.44. The molecule has 0 atom stereocenters. The first-order valence-electron chi connectivity index (χ1n) is 11.4. The first-order valence-corrected chi connectivity index (χ1v) is 11.4. The van der Waals surface area contributed by atoms with E-state index in [1.165, 1.54) is 0 Å². The van der Waals surface area contributed by atoms with E-state index >= 15 is 0 Å². The molecule has 0 aliphatic rings. The molecule has 0 radical (unpaired) electrons. The van der Waals surface area contributed by atoms with Gasteiger partial charge in [-0.15, -0.1) is 0 Å². The Morgan fingerprint density at radius 1 is 0.889 bits per heavy atom. The number of amides is 2. The highest BCUT2D eigenvalue weighted by molar-refractivity contribution is 6.42. The van der Waals surface area contributed by atoms with Crippen LogP contribution in [0.25, 0.3) is 11.5 Å². The lowest BCUT2D eigenvalue weighted by Crippen LogP contribution is -2.30. The first-order chi connectivity index (χ1) is 17.5. The van der Waals surface area contributed by atoms with Gasteiger partial charge in [0.15, 0.2) is 0 Å². The van der Waals surface area contributed by atoms with Crippen molar-refractivity contribution in [3.63, 3.8) is 0 Å². The van der Waals surface area contributed by atoms with E-state index in [0.29, 0.717) is 39.9 Å². The standard InChI is InChI=1S/C28H25N3O5/c1-19-24(18-29-27(34)26(33)20-10-4-2-5-11-20)31-28(36-19)22-14-8-9-15-23(22)30-25(32)16-17-35-21-12-6-3-7-13-21/h2-15H,16-18H2,1H3,(H,29,34)(H,30,32). The zero-order chi connectivity index (χ0) is 25.3. The molecule has 0 aliphatic carbocycles. The predicted octanol–water partition coefficient (Wildman–Crippen LogP) is 4.56. The summed E-state index contributed by atoms with van der Waals surface area (Å²) in [6.07, 6.45) is 0.167. The minimum absolute atomic E-state index is 0.0259. The van der Waals surface area contributed by atoms with Gasteiger partial charge in [0.25, 0.3) is 5.91 Å². The van der Waals surface area contributed by atoms with Crippen LogP contribution in [-0.2, 0) is 16.1 Å². The number of hydrogen-bond donors (Lipinski definition) is 2.